The van der Waals surface area contributed by atoms with Gasteiger partial charge in [-0.05, 0) is 48.5 Å². The summed E-state index contributed by atoms with van der Waals surface area (Å²) in [5, 5.41) is 10.2. The first-order valence-corrected chi connectivity index (χ1v) is 7.18. The second-order valence-corrected chi connectivity index (χ2v) is 5.60. The molecule has 0 spiro atoms. The number of carbonyl (C=O) groups excluding carboxylic acids is 1. The minimum atomic E-state index is 0.152. The van der Waals surface area contributed by atoms with Gasteiger partial charge in [0.05, 0.1) is 0 Å². The number of aromatic hydroxyl groups is 1. The topological polar surface area (TPSA) is 37.3 Å². The zero-order chi connectivity index (χ0) is 14.9. The van der Waals surface area contributed by atoms with Crippen molar-refractivity contribution in [3.8, 4) is 5.75 Å². The number of hydrogen-bond acceptors (Lipinski definition) is 2. The quantitative estimate of drug-likeness (QED) is 0.889. The van der Waals surface area contributed by atoms with Gasteiger partial charge < -0.3 is 5.11 Å². The van der Waals surface area contributed by atoms with E-state index in [4.69, 9.17) is 0 Å². The summed E-state index contributed by atoms with van der Waals surface area (Å²) < 4.78 is 0. The molecule has 0 amide bonds. The molecule has 1 aliphatic carbocycles. The second kappa shape index (κ2) is 5.66. The van der Waals surface area contributed by atoms with Gasteiger partial charge in [0.15, 0.2) is 5.78 Å². The predicted molar refractivity (Wildman–Crippen MR) is 81.9 cm³/mol. The number of ketones is 1. The number of rotatable bonds is 3. The first-order valence-electron chi connectivity index (χ1n) is 7.18. The van der Waals surface area contributed by atoms with Crippen molar-refractivity contribution in [2.75, 3.05) is 0 Å². The second-order valence-electron chi connectivity index (χ2n) is 5.60. The number of allylic oxidation sites excluding steroid dienone is 4. The molecule has 0 radical (unpaired) electrons. The summed E-state index contributed by atoms with van der Waals surface area (Å²) in [7, 11) is 0. The van der Waals surface area contributed by atoms with Gasteiger partial charge in [0.25, 0.3) is 0 Å². The molecule has 2 rings (SSSR count). The van der Waals surface area contributed by atoms with E-state index in [2.05, 4.69) is 13.0 Å². The SMILES string of the molecule is CCC1=CC([C@H](C)c2cccc(C)c2O)C=C(C)C1=O. The van der Waals surface area contributed by atoms with Gasteiger partial charge in [-0.1, -0.05) is 44.2 Å². The standard InChI is InChI=1S/C18H22O2/c1-5-14-10-15(9-12(3)17(14)19)13(4)16-8-6-7-11(2)18(16)20/h6-10,13,15,20H,5H2,1-4H3/t13-,15?/m0/s1. The molecule has 106 valence electrons. The van der Waals surface area contributed by atoms with E-state index in [-0.39, 0.29) is 17.6 Å². The van der Waals surface area contributed by atoms with Crippen LogP contribution in [0.2, 0.25) is 0 Å². The third-order valence-electron chi connectivity index (χ3n) is 4.20. The van der Waals surface area contributed by atoms with Crippen LogP contribution in [0.5, 0.6) is 5.75 Å². The van der Waals surface area contributed by atoms with Crippen molar-refractivity contribution >= 4 is 5.78 Å². The maximum absolute atomic E-state index is 12.0. The fourth-order valence-electron chi connectivity index (χ4n) is 2.80. The van der Waals surface area contributed by atoms with E-state index in [0.717, 1.165) is 28.7 Å². The summed E-state index contributed by atoms with van der Waals surface area (Å²) in [5.41, 5.74) is 3.53. The van der Waals surface area contributed by atoms with Crippen molar-refractivity contribution in [3.63, 3.8) is 0 Å². The number of hydrogen-bond donors (Lipinski definition) is 1. The highest BCUT2D eigenvalue weighted by molar-refractivity contribution is 6.08. The zero-order valence-corrected chi connectivity index (χ0v) is 12.6. The Labute approximate surface area is 120 Å². The molecule has 0 heterocycles. The summed E-state index contributed by atoms with van der Waals surface area (Å²) in [6, 6.07) is 5.84. The summed E-state index contributed by atoms with van der Waals surface area (Å²) in [4.78, 5) is 12.0. The molecule has 2 heteroatoms. The van der Waals surface area contributed by atoms with E-state index < -0.39 is 0 Å². The van der Waals surface area contributed by atoms with Crippen LogP contribution in [-0.4, -0.2) is 10.9 Å². The molecule has 1 aromatic carbocycles. The number of para-hydroxylation sites is 1. The van der Waals surface area contributed by atoms with Crippen LogP contribution in [0.15, 0.2) is 41.5 Å². The molecule has 1 N–H and O–H groups in total. The maximum atomic E-state index is 12.0. The van der Waals surface area contributed by atoms with E-state index in [1.807, 2.05) is 45.0 Å². The lowest BCUT2D eigenvalue weighted by molar-refractivity contribution is -0.112. The van der Waals surface area contributed by atoms with Crippen molar-refractivity contribution in [2.24, 2.45) is 5.92 Å². The summed E-state index contributed by atoms with van der Waals surface area (Å²) in [5.74, 6) is 0.841. The number of benzene rings is 1. The molecule has 1 aliphatic rings. The van der Waals surface area contributed by atoms with Crippen molar-refractivity contribution in [2.45, 2.75) is 40.0 Å². The minimum absolute atomic E-state index is 0.152. The van der Waals surface area contributed by atoms with Gasteiger partial charge in [0.2, 0.25) is 0 Å². The van der Waals surface area contributed by atoms with Gasteiger partial charge in [0.1, 0.15) is 5.75 Å². The molecule has 0 aliphatic heterocycles. The lowest BCUT2D eigenvalue weighted by Gasteiger charge is -2.25. The van der Waals surface area contributed by atoms with Gasteiger partial charge >= 0.3 is 0 Å². The molecule has 0 bridgehead atoms. The highest BCUT2D eigenvalue weighted by Crippen LogP contribution is 2.37. The predicted octanol–water partition coefficient (Wildman–Crippen LogP) is 4.29. The number of aryl methyl sites for hydroxylation is 1. The molecule has 0 saturated heterocycles. The van der Waals surface area contributed by atoms with Crippen molar-refractivity contribution in [1.29, 1.82) is 0 Å². The van der Waals surface area contributed by atoms with Crippen LogP contribution in [0, 0.1) is 12.8 Å². The van der Waals surface area contributed by atoms with Crippen LogP contribution in [0.25, 0.3) is 0 Å². The molecule has 20 heavy (non-hydrogen) atoms. The van der Waals surface area contributed by atoms with Crippen LogP contribution >= 0.6 is 0 Å². The van der Waals surface area contributed by atoms with Gasteiger partial charge in [-0.2, -0.15) is 0 Å². The molecule has 0 fully saturated rings. The monoisotopic (exact) mass is 270 g/mol. The average molecular weight is 270 g/mol. The fraction of sp³-hybridized carbons (Fsp3) is 0.389. The highest BCUT2D eigenvalue weighted by Gasteiger charge is 2.25. The Kier molecular flexibility index (Phi) is 4.12. The third-order valence-corrected chi connectivity index (χ3v) is 4.20. The average Bonchev–Trinajstić information content (AvgIpc) is 2.44. The smallest absolute Gasteiger partial charge is 0.184 e. The summed E-state index contributed by atoms with van der Waals surface area (Å²) >= 11 is 0. The van der Waals surface area contributed by atoms with Crippen molar-refractivity contribution in [1.82, 2.24) is 0 Å². The van der Waals surface area contributed by atoms with Crippen LogP contribution in [0.3, 0.4) is 0 Å². The molecule has 2 nitrogen and oxygen atoms in total. The summed E-state index contributed by atoms with van der Waals surface area (Å²) in [6.07, 6.45) is 4.84. The minimum Gasteiger partial charge on any atom is -0.507 e. The molecule has 0 aromatic heterocycles. The summed E-state index contributed by atoms with van der Waals surface area (Å²) in [6.45, 7) is 7.89. The van der Waals surface area contributed by atoms with Crippen LogP contribution < -0.4 is 0 Å². The first kappa shape index (κ1) is 14.6. The normalized spacial score (nSPS) is 20.4. The Morgan fingerprint density at radius 3 is 2.60 bits per heavy atom. The molecular formula is C18H22O2. The largest absolute Gasteiger partial charge is 0.507 e. The van der Waals surface area contributed by atoms with Crippen molar-refractivity contribution in [3.05, 3.63) is 52.6 Å². The van der Waals surface area contributed by atoms with Gasteiger partial charge in [-0.25, -0.2) is 0 Å². The number of carbonyl (C=O) groups is 1. The van der Waals surface area contributed by atoms with Gasteiger partial charge in [0, 0.05) is 5.92 Å². The van der Waals surface area contributed by atoms with Gasteiger partial charge in [-0.3, -0.25) is 4.79 Å². The first-order chi connectivity index (χ1) is 9.45. The van der Waals surface area contributed by atoms with Crippen molar-refractivity contribution < 1.29 is 9.90 Å². The zero-order valence-electron chi connectivity index (χ0n) is 12.6. The van der Waals surface area contributed by atoms with E-state index >= 15 is 0 Å². The Morgan fingerprint density at radius 1 is 1.25 bits per heavy atom. The van der Waals surface area contributed by atoms with E-state index in [9.17, 15) is 9.90 Å². The molecular weight excluding hydrogens is 248 g/mol. The molecule has 1 unspecified atom stereocenters. The van der Waals surface area contributed by atoms with Gasteiger partial charge in [-0.15, -0.1) is 0 Å². The molecule has 2 atom stereocenters. The molecule has 0 saturated carbocycles. The molecule has 1 aromatic rings. The highest BCUT2D eigenvalue weighted by atomic mass is 16.3. The number of phenols is 1. The van der Waals surface area contributed by atoms with Crippen LogP contribution in [0.1, 0.15) is 44.2 Å². The Morgan fingerprint density at radius 2 is 1.95 bits per heavy atom. The van der Waals surface area contributed by atoms with E-state index in [1.54, 1.807) is 0 Å². The lowest BCUT2D eigenvalue weighted by atomic mass is 9.79. The number of phenolic OH excluding ortho intramolecular Hbond substituents is 1. The maximum Gasteiger partial charge on any atom is 0.184 e. The number of Topliss-reactive ketones (excluding diaryl/α,β-unsaturated/α-hetero) is 1. The van der Waals surface area contributed by atoms with E-state index in [0.29, 0.717) is 5.75 Å². The Balaban J connectivity index is 2.38. The fourth-order valence-corrected chi connectivity index (χ4v) is 2.80. The third kappa shape index (κ3) is 2.55. The van der Waals surface area contributed by atoms with E-state index in [1.165, 1.54) is 0 Å². The van der Waals surface area contributed by atoms with Crippen LogP contribution in [-0.2, 0) is 4.79 Å². The Bertz CT molecular complexity index is 593. The van der Waals surface area contributed by atoms with Crippen LogP contribution in [0.4, 0.5) is 0 Å². The Hall–Kier alpha value is -1.83. The lowest BCUT2D eigenvalue weighted by Crippen LogP contribution is -2.16.